The van der Waals surface area contributed by atoms with Crippen molar-refractivity contribution in [3.8, 4) is 0 Å². The fourth-order valence-electron chi connectivity index (χ4n) is 1.89. The third-order valence-corrected chi connectivity index (χ3v) is 4.32. The van der Waals surface area contributed by atoms with E-state index in [4.69, 9.17) is 11.6 Å². The quantitative estimate of drug-likeness (QED) is 0.801. The molecule has 0 aromatic heterocycles. The van der Waals surface area contributed by atoms with Crippen molar-refractivity contribution in [2.24, 2.45) is 0 Å². The summed E-state index contributed by atoms with van der Waals surface area (Å²) in [4.78, 5) is 0. The van der Waals surface area contributed by atoms with Crippen LogP contribution in [0.2, 0.25) is 5.02 Å². The molecule has 0 amide bonds. The molecule has 0 radical (unpaired) electrons. The summed E-state index contributed by atoms with van der Waals surface area (Å²) in [5.74, 6) is 0. The maximum absolute atomic E-state index is 5.90. The number of hydrogen-bond acceptors (Lipinski definition) is 1. The average Bonchev–Trinajstić information content (AvgIpc) is 2.40. The molecule has 3 heteroatoms. The van der Waals surface area contributed by atoms with Crippen molar-refractivity contribution in [2.45, 2.75) is 26.4 Å². The van der Waals surface area contributed by atoms with E-state index in [1.165, 1.54) is 16.7 Å². The second-order valence-corrected chi connectivity index (χ2v) is 6.03. The molecule has 1 atom stereocenters. The lowest BCUT2D eigenvalue weighted by Gasteiger charge is -2.15. The predicted molar refractivity (Wildman–Crippen MR) is 85.6 cm³/mol. The lowest BCUT2D eigenvalue weighted by molar-refractivity contribution is 0.574. The molecule has 0 unspecified atom stereocenters. The molecule has 0 heterocycles. The van der Waals surface area contributed by atoms with Gasteiger partial charge in [0.05, 0.1) is 0 Å². The zero-order chi connectivity index (χ0) is 13.8. The maximum Gasteiger partial charge on any atom is 0.0406 e. The molecule has 19 heavy (non-hydrogen) atoms. The fraction of sp³-hybridized carbons (Fsp3) is 0.250. The van der Waals surface area contributed by atoms with Crippen LogP contribution in [0.4, 0.5) is 0 Å². The molecule has 2 rings (SSSR count). The van der Waals surface area contributed by atoms with E-state index >= 15 is 0 Å². The lowest BCUT2D eigenvalue weighted by Crippen LogP contribution is -2.18. The second kappa shape index (κ2) is 6.56. The van der Waals surface area contributed by atoms with Gasteiger partial charge in [0.1, 0.15) is 0 Å². The molecule has 0 aliphatic carbocycles. The summed E-state index contributed by atoms with van der Waals surface area (Å²) >= 11 is 9.46. The summed E-state index contributed by atoms with van der Waals surface area (Å²) in [6, 6.07) is 14.7. The van der Waals surface area contributed by atoms with Crippen molar-refractivity contribution < 1.29 is 0 Å². The van der Waals surface area contributed by atoms with Crippen LogP contribution < -0.4 is 5.32 Å². The Labute approximate surface area is 128 Å². The zero-order valence-corrected chi connectivity index (χ0v) is 13.4. The van der Waals surface area contributed by atoms with E-state index < -0.39 is 0 Å². The third kappa shape index (κ3) is 4.07. The van der Waals surface area contributed by atoms with Gasteiger partial charge in [-0.05, 0) is 48.7 Å². The molecule has 0 bridgehead atoms. The van der Waals surface area contributed by atoms with Crippen LogP contribution in [0.3, 0.4) is 0 Å². The van der Waals surface area contributed by atoms with E-state index in [2.05, 4.69) is 65.4 Å². The van der Waals surface area contributed by atoms with Gasteiger partial charge in [-0.3, -0.25) is 0 Å². The molecule has 2 aromatic rings. The number of nitrogens with one attached hydrogen (secondary N) is 1. The third-order valence-electron chi connectivity index (χ3n) is 3.22. The van der Waals surface area contributed by atoms with E-state index in [0.717, 1.165) is 16.0 Å². The Morgan fingerprint density at radius 2 is 1.84 bits per heavy atom. The topological polar surface area (TPSA) is 12.0 Å². The highest BCUT2D eigenvalue weighted by Gasteiger charge is 2.05. The Kier molecular flexibility index (Phi) is 5.03. The predicted octanol–water partition coefficient (Wildman–Crippen LogP) is 5.26. The number of aryl methyl sites for hydroxylation is 1. The van der Waals surface area contributed by atoms with Crippen LogP contribution in [0.15, 0.2) is 46.9 Å². The normalized spacial score (nSPS) is 12.4. The van der Waals surface area contributed by atoms with Crippen molar-refractivity contribution in [3.63, 3.8) is 0 Å². The molecule has 0 aliphatic rings. The fourth-order valence-corrected chi connectivity index (χ4v) is 2.44. The van der Waals surface area contributed by atoms with Gasteiger partial charge in [0.15, 0.2) is 0 Å². The molecule has 0 saturated carbocycles. The first kappa shape index (κ1) is 14.6. The van der Waals surface area contributed by atoms with E-state index in [0.29, 0.717) is 6.04 Å². The highest BCUT2D eigenvalue weighted by molar-refractivity contribution is 9.10. The van der Waals surface area contributed by atoms with Crippen molar-refractivity contribution in [2.75, 3.05) is 0 Å². The van der Waals surface area contributed by atoms with Gasteiger partial charge in [-0.1, -0.05) is 51.8 Å². The lowest BCUT2D eigenvalue weighted by atomic mass is 10.1. The Bertz CT molecular complexity index is 551. The summed E-state index contributed by atoms with van der Waals surface area (Å²) in [6.07, 6.45) is 0. The molecule has 0 aliphatic heterocycles. The largest absolute Gasteiger partial charge is 0.306 e. The molecule has 2 aromatic carbocycles. The van der Waals surface area contributed by atoms with Gasteiger partial charge in [0.25, 0.3) is 0 Å². The van der Waals surface area contributed by atoms with Crippen molar-refractivity contribution in [3.05, 3.63) is 68.7 Å². The summed E-state index contributed by atoms with van der Waals surface area (Å²) in [5, 5.41) is 4.29. The Morgan fingerprint density at radius 3 is 2.47 bits per heavy atom. The van der Waals surface area contributed by atoms with Gasteiger partial charge in [-0.2, -0.15) is 0 Å². The van der Waals surface area contributed by atoms with Gasteiger partial charge >= 0.3 is 0 Å². The summed E-state index contributed by atoms with van der Waals surface area (Å²) in [6.45, 7) is 5.10. The van der Waals surface area contributed by atoms with Gasteiger partial charge < -0.3 is 5.32 Å². The van der Waals surface area contributed by atoms with Crippen LogP contribution in [-0.4, -0.2) is 0 Å². The molecule has 1 N–H and O–H groups in total. The summed E-state index contributed by atoms with van der Waals surface area (Å²) in [7, 11) is 0. The van der Waals surface area contributed by atoms with E-state index in [9.17, 15) is 0 Å². The van der Waals surface area contributed by atoms with Gasteiger partial charge in [-0.15, -0.1) is 0 Å². The van der Waals surface area contributed by atoms with E-state index in [1.54, 1.807) is 0 Å². The SMILES string of the molecule is Cc1ccc(CN[C@H](C)c2ccc(Cl)cc2)cc1Br. The molecular weight excluding hydrogens is 322 g/mol. The minimum absolute atomic E-state index is 0.303. The number of hydrogen-bond donors (Lipinski definition) is 1. The van der Waals surface area contributed by atoms with Gasteiger partial charge in [-0.25, -0.2) is 0 Å². The van der Waals surface area contributed by atoms with Crippen LogP contribution in [0, 0.1) is 6.92 Å². The molecule has 0 saturated heterocycles. The van der Waals surface area contributed by atoms with Crippen molar-refractivity contribution in [1.82, 2.24) is 5.32 Å². The monoisotopic (exact) mass is 337 g/mol. The smallest absolute Gasteiger partial charge is 0.0406 e. The van der Waals surface area contributed by atoms with Crippen molar-refractivity contribution >= 4 is 27.5 Å². The zero-order valence-electron chi connectivity index (χ0n) is 11.1. The molecule has 1 nitrogen and oxygen atoms in total. The number of rotatable bonds is 4. The van der Waals surface area contributed by atoms with Crippen LogP contribution in [0.5, 0.6) is 0 Å². The minimum Gasteiger partial charge on any atom is -0.306 e. The molecule has 0 spiro atoms. The van der Waals surface area contributed by atoms with Crippen LogP contribution in [-0.2, 0) is 6.54 Å². The summed E-state index contributed by atoms with van der Waals surface area (Å²) in [5.41, 5.74) is 3.78. The number of benzene rings is 2. The molecule has 100 valence electrons. The first-order valence-corrected chi connectivity index (χ1v) is 7.47. The van der Waals surface area contributed by atoms with E-state index in [1.807, 2.05) is 12.1 Å². The first-order chi connectivity index (χ1) is 9.06. The Hall–Kier alpha value is -0.830. The highest BCUT2D eigenvalue weighted by Crippen LogP contribution is 2.19. The Morgan fingerprint density at radius 1 is 1.16 bits per heavy atom. The summed E-state index contributed by atoms with van der Waals surface area (Å²) < 4.78 is 1.16. The maximum atomic E-state index is 5.90. The van der Waals surface area contributed by atoms with E-state index in [-0.39, 0.29) is 0 Å². The van der Waals surface area contributed by atoms with Gasteiger partial charge in [0.2, 0.25) is 0 Å². The average molecular weight is 339 g/mol. The molecular formula is C16H17BrClN. The minimum atomic E-state index is 0.303. The van der Waals surface area contributed by atoms with Crippen LogP contribution in [0.1, 0.15) is 29.7 Å². The number of halogens is 2. The highest BCUT2D eigenvalue weighted by atomic mass is 79.9. The Balaban J connectivity index is 1.98. The first-order valence-electron chi connectivity index (χ1n) is 6.30. The molecule has 0 fully saturated rings. The second-order valence-electron chi connectivity index (χ2n) is 4.74. The van der Waals surface area contributed by atoms with Gasteiger partial charge in [0, 0.05) is 22.1 Å². The van der Waals surface area contributed by atoms with Crippen molar-refractivity contribution in [1.29, 1.82) is 0 Å². The van der Waals surface area contributed by atoms with Crippen LogP contribution >= 0.6 is 27.5 Å². The van der Waals surface area contributed by atoms with Crippen LogP contribution in [0.25, 0.3) is 0 Å². The standard InChI is InChI=1S/C16H17BrClN/c1-11-3-4-13(9-16(11)17)10-19-12(2)14-5-7-15(18)8-6-14/h3-9,12,19H,10H2,1-2H3/t12-/m1/s1.